The summed E-state index contributed by atoms with van der Waals surface area (Å²) < 4.78 is 50.3. The number of rotatable bonds is 4. The number of hydrogen-bond donors (Lipinski definition) is 2. The van der Waals surface area contributed by atoms with E-state index in [1.807, 2.05) is 0 Å². The molecule has 13 heteroatoms. The fourth-order valence-electron chi connectivity index (χ4n) is 3.70. The van der Waals surface area contributed by atoms with Gasteiger partial charge in [0.05, 0.1) is 17.8 Å². The van der Waals surface area contributed by atoms with E-state index in [9.17, 15) is 22.8 Å². The van der Waals surface area contributed by atoms with E-state index in [1.165, 1.54) is 4.90 Å². The van der Waals surface area contributed by atoms with Gasteiger partial charge in [-0.1, -0.05) is 20.8 Å². The molecule has 3 heterocycles. The number of pyridine rings is 1. The quantitative estimate of drug-likeness (QED) is 0.636. The fraction of sp³-hybridized carbons (Fsp3) is 0.650. The summed E-state index contributed by atoms with van der Waals surface area (Å²) in [6.07, 6.45) is -4.58. The minimum absolute atomic E-state index is 0. The molecule has 0 unspecified atom stereocenters. The van der Waals surface area contributed by atoms with Crippen LogP contribution in [0.15, 0.2) is 12.3 Å². The van der Waals surface area contributed by atoms with Crippen LogP contribution in [0.4, 0.5) is 23.7 Å². The molecular weight excluding hydrogens is 488 g/mol. The van der Waals surface area contributed by atoms with E-state index >= 15 is 0 Å². The SMILES string of the molecule is CO[C@@]12CNC[C@H]1CN(C(=O)OCc1ncc(C(F)(F)F)cc1NC(=O)C(C)(C)C)C2.Cl.Cl. The predicted molar refractivity (Wildman–Crippen MR) is 120 cm³/mol. The molecule has 0 radical (unpaired) electrons. The van der Waals surface area contributed by atoms with Gasteiger partial charge < -0.3 is 25.0 Å². The van der Waals surface area contributed by atoms with E-state index in [2.05, 4.69) is 15.6 Å². The first-order valence-electron chi connectivity index (χ1n) is 9.91. The molecule has 0 spiro atoms. The van der Waals surface area contributed by atoms with Crippen LogP contribution in [0, 0.1) is 11.3 Å². The number of halogens is 5. The Balaban J connectivity index is 0.00000272. The van der Waals surface area contributed by atoms with Gasteiger partial charge in [0.2, 0.25) is 5.91 Å². The monoisotopic (exact) mass is 516 g/mol. The smallest absolute Gasteiger partial charge is 0.417 e. The van der Waals surface area contributed by atoms with Crippen molar-refractivity contribution in [3.05, 3.63) is 23.5 Å². The second kappa shape index (κ2) is 10.6. The van der Waals surface area contributed by atoms with Crippen LogP contribution >= 0.6 is 24.8 Å². The molecule has 2 fully saturated rings. The Bertz CT molecular complexity index is 867. The summed E-state index contributed by atoms with van der Waals surface area (Å²) in [6.45, 7) is 6.68. The topological polar surface area (TPSA) is 92.8 Å². The molecule has 3 rings (SSSR count). The van der Waals surface area contributed by atoms with Gasteiger partial charge in [-0.15, -0.1) is 24.8 Å². The molecule has 0 bridgehead atoms. The van der Waals surface area contributed by atoms with Crippen molar-refractivity contribution in [2.75, 3.05) is 38.6 Å². The first-order valence-corrected chi connectivity index (χ1v) is 9.91. The first-order chi connectivity index (χ1) is 14.4. The lowest BCUT2D eigenvalue weighted by atomic mass is 9.95. The minimum Gasteiger partial charge on any atom is -0.443 e. The number of hydrogen-bond acceptors (Lipinski definition) is 6. The lowest BCUT2D eigenvalue weighted by Gasteiger charge is -2.26. The van der Waals surface area contributed by atoms with Crippen LogP contribution < -0.4 is 10.6 Å². The average Bonchev–Trinajstić information content (AvgIpc) is 3.22. The highest BCUT2D eigenvalue weighted by Gasteiger charge is 2.51. The van der Waals surface area contributed by atoms with Crippen molar-refractivity contribution in [2.24, 2.45) is 11.3 Å². The minimum atomic E-state index is -4.63. The molecule has 0 aliphatic carbocycles. The lowest BCUT2D eigenvalue weighted by Crippen LogP contribution is -2.42. The van der Waals surface area contributed by atoms with E-state index in [4.69, 9.17) is 9.47 Å². The number of carbonyl (C=O) groups is 2. The van der Waals surface area contributed by atoms with Crippen LogP contribution in [0.25, 0.3) is 0 Å². The number of methoxy groups -OCH3 is 1. The van der Waals surface area contributed by atoms with Crippen LogP contribution in [0.2, 0.25) is 0 Å². The number of ether oxygens (including phenoxy) is 2. The summed E-state index contributed by atoms with van der Waals surface area (Å²) in [5.41, 5.74) is -2.41. The van der Waals surface area contributed by atoms with Gasteiger partial charge in [-0.25, -0.2) is 4.79 Å². The second-order valence-corrected chi connectivity index (χ2v) is 8.95. The maximum atomic E-state index is 13.1. The molecule has 1 aromatic rings. The van der Waals surface area contributed by atoms with Crippen LogP contribution in [0.3, 0.4) is 0 Å². The lowest BCUT2D eigenvalue weighted by molar-refractivity contribution is -0.137. The Morgan fingerprint density at radius 1 is 1.30 bits per heavy atom. The Labute approximate surface area is 202 Å². The number of nitrogens with zero attached hydrogens (tertiary/aromatic N) is 2. The Hall–Kier alpha value is -1.82. The van der Waals surface area contributed by atoms with Gasteiger partial charge >= 0.3 is 12.3 Å². The average molecular weight is 517 g/mol. The second-order valence-electron chi connectivity index (χ2n) is 8.95. The van der Waals surface area contributed by atoms with Crippen LogP contribution in [0.1, 0.15) is 32.0 Å². The van der Waals surface area contributed by atoms with Gasteiger partial charge in [0, 0.05) is 44.3 Å². The molecule has 188 valence electrons. The fourth-order valence-corrected chi connectivity index (χ4v) is 3.70. The molecule has 33 heavy (non-hydrogen) atoms. The maximum absolute atomic E-state index is 13.1. The molecule has 1 aromatic heterocycles. The number of amides is 2. The molecule has 2 amide bonds. The highest BCUT2D eigenvalue weighted by Crippen LogP contribution is 2.35. The molecule has 0 saturated carbocycles. The summed E-state index contributed by atoms with van der Waals surface area (Å²) in [5.74, 6) is -0.348. The van der Waals surface area contributed by atoms with Crippen molar-refractivity contribution in [3.8, 4) is 0 Å². The zero-order valence-electron chi connectivity index (χ0n) is 18.7. The molecular formula is C20H29Cl2F3N4O4. The Morgan fingerprint density at radius 2 is 1.97 bits per heavy atom. The third-order valence-corrected chi connectivity index (χ3v) is 5.68. The molecule has 8 nitrogen and oxygen atoms in total. The highest BCUT2D eigenvalue weighted by atomic mass is 35.5. The van der Waals surface area contributed by atoms with E-state index in [1.54, 1.807) is 27.9 Å². The number of carbonyl (C=O) groups excluding carboxylic acids is 2. The molecule has 2 aliphatic rings. The summed E-state index contributed by atoms with van der Waals surface area (Å²) in [5, 5.41) is 5.71. The largest absolute Gasteiger partial charge is 0.443 e. The summed E-state index contributed by atoms with van der Waals surface area (Å²) >= 11 is 0. The molecule has 2 aliphatic heterocycles. The van der Waals surface area contributed by atoms with Gasteiger partial charge in [-0.3, -0.25) is 9.78 Å². The van der Waals surface area contributed by atoms with Crippen molar-refractivity contribution in [1.82, 2.24) is 15.2 Å². The molecule has 2 N–H and O–H groups in total. The molecule has 0 aromatic carbocycles. The van der Waals surface area contributed by atoms with Crippen molar-refractivity contribution in [1.29, 1.82) is 0 Å². The standard InChI is InChI=1S/C20H27F3N4O4.2ClH/c1-18(2,3)16(28)26-14-5-12(20(21,22)23)7-25-15(14)9-31-17(29)27-8-13-6-24-10-19(13,11-27)30-4;;/h5,7,13,24H,6,8-11H2,1-4H3,(H,26,28);2*1H/t13-,19+;;/m0../s1. The summed E-state index contributed by atoms with van der Waals surface area (Å²) in [4.78, 5) is 30.2. The maximum Gasteiger partial charge on any atom is 0.417 e. The zero-order valence-corrected chi connectivity index (χ0v) is 20.4. The van der Waals surface area contributed by atoms with Crippen LogP contribution in [-0.4, -0.2) is 60.8 Å². The zero-order chi connectivity index (χ0) is 23.0. The normalized spacial score (nSPS) is 22.2. The van der Waals surface area contributed by atoms with Crippen molar-refractivity contribution in [3.63, 3.8) is 0 Å². The molecule has 2 saturated heterocycles. The van der Waals surface area contributed by atoms with Gasteiger partial charge in [0.25, 0.3) is 0 Å². The van der Waals surface area contributed by atoms with Gasteiger partial charge in [-0.2, -0.15) is 13.2 Å². The van der Waals surface area contributed by atoms with Gasteiger partial charge in [0.15, 0.2) is 0 Å². The predicted octanol–water partition coefficient (Wildman–Crippen LogP) is 3.49. The van der Waals surface area contributed by atoms with Gasteiger partial charge in [-0.05, 0) is 6.07 Å². The van der Waals surface area contributed by atoms with E-state index < -0.39 is 34.8 Å². The first kappa shape index (κ1) is 29.2. The van der Waals surface area contributed by atoms with Crippen molar-refractivity contribution in [2.45, 2.75) is 39.2 Å². The number of likely N-dealkylation sites (tertiary alicyclic amines) is 1. The number of anilines is 1. The Kier molecular flexibility index (Phi) is 9.41. The number of alkyl halides is 3. The highest BCUT2D eigenvalue weighted by molar-refractivity contribution is 5.95. The van der Waals surface area contributed by atoms with Crippen LogP contribution in [-0.2, 0) is 27.1 Å². The Morgan fingerprint density at radius 3 is 2.52 bits per heavy atom. The summed E-state index contributed by atoms with van der Waals surface area (Å²) in [7, 11) is 1.60. The van der Waals surface area contributed by atoms with Crippen LogP contribution in [0.5, 0.6) is 0 Å². The molecule has 2 atom stereocenters. The third kappa shape index (κ3) is 6.40. The number of fused-ring (bicyclic) bond motifs is 1. The number of aromatic nitrogens is 1. The van der Waals surface area contributed by atoms with Gasteiger partial charge in [0.1, 0.15) is 17.9 Å². The number of nitrogens with one attached hydrogen (secondary N) is 2. The summed E-state index contributed by atoms with van der Waals surface area (Å²) in [6, 6.07) is 0.797. The van der Waals surface area contributed by atoms with Crippen molar-refractivity contribution >= 4 is 42.5 Å². The third-order valence-electron chi connectivity index (χ3n) is 5.68. The van der Waals surface area contributed by atoms with E-state index in [0.29, 0.717) is 25.8 Å². The van der Waals surface area contributed by atoms with E-state index in [0.717, 1.165) is 12.6 Å². The van der Waals surface area contributed by atoms with E-state index in [-0.39, 0.29) is 48.7 Å². The van der Waals surface area contributed by atoms with Crippen molar-refractivity contribution < 1.29 is 32.2 Å².